The zero-order chi connectivity index (χ0) is 19.3. The van der Waals surface area contributed by atoms with Crippen LogP contribution in [0.4, 0.5) is 4.39 Å². The van der Waals surface area contributed by atoms with Gasteiger partial charge in [0.1, 0.15) is 0 Å². The number of aliphatic hydroxyl groups excluding tert-OH is 1. The van der Waals surface area contributed by atoms with Gasteiger partial charge in [0.05, 0.1) is 13.7 Å². The molecule has 1 heterocycles. The molecule has 1 fully saturated rings. The zero-order valence-electron chi connectivity index (χ0n) is 15.7. The summed E-state index contributed by atoms with van der Waals surface area (Å²) in [5.41, 5.74) is 1.23. The summed E-state index contributed by atoms with van der Waals surface area (Å²) in [7, 11) is 1.40. The van der Waals surface area contributed by atoms with Gasteiger partial charge in [-0.3, -0.25) is 4.79 Å². The summed E-state index contributed by atoms with van der Waals surface area (Å²) in [6.45, 7) is 1.16. The standard InChI is InChI=1S/C22H26FNO3/c1-27-20-9-8-18(14-19(20)23)21(26)24-13-5-11-22(15-24,16-25)12-10-17-6-3-2-4-7-17/h2-4,6-9,14,25H,5,10-13,15-16H2,1H3. The first-order chi connectivity index (χ1) is 13.1. The summed E-state index contributed by atoms with van der Waals surface area (Å²) >= 11 is 0. The molecular weight excluding hydrogens is 345 g/mol. The van der Waals surface area contributed by atoms with Gasteiger partial charge < -0.3 is 14.7 Å². The molecule has 144 valence electrons. The summed E-state index contributed by atoms with van der Waals surface area (Å²) in [6.07, 6.45) is 3.39. The smallest absolute Gasteiger partial charge is 0.253 e. The molecule has 0 aromatic heterocycles. The van der Waals surface area contributed by atoms with Crippen LogP contribution in [0, 0.1) is 11.2 Å². The molecular formula is C22H26FNO3. The Balaban J connectivity index is 1.71. The van der Waals surface area contributed by atoms with Crippen molar-refractivity contribution >= 4 is 5.91 Å². The van der Waals surface area contributed by atoms with Crippen LogP contribution in [-0.4, -0.2) is 42.7 Å². The number of rotatable bonds is 6. The fourth-order valence-electron chi connectivity index (χ4n) is 3.83. The lowest BCUT2D eigenvalue weighted by Crippen LogP contribution is -2.48. The molecule has 4 nitrogen and oxygen atoms in total. The van der Waals surface area contributed by atoms with Crippen molar-refractivity contribution < 1.29 is 19.0 Å². The highest BCUT2D eigenvalue weighted by atomic mass is 19.1. The summed E-state index contributed by atoms with van der Waals surface area (Å²) in [4.78, 5) is 14.6. The van der Waals surface area contributed by atoms with Gasteiger partial charge in [-0.15, -0.1) is 0 Å². The van der Waals surface area contributed by atoms with Crippen LogP contribution in [-0.2, 0) is 6.42 Å². The monoisotopic (exact) mass is 371 g/mol. The molecule has 0 aliphatic carbocycles. The molecule has 2 aromatic carbocycles. The normalized spacial score (nSPS) is 19.7. The van der Waals surface area contributed by atoms with Crippen LogP contribution in [0.2, 0.25) is 0 Å². The van der Waals surface area contributed by atoms with Crippen molar-refractivity contribution in [1.29, 1.82) is 0 Å². The van der Waals surface area contributed by atoms with Gasteiger partial charge >= 0.3 is 0 Å². The van der Waals surface area contributed by atoms with Crippen molar-refractivity contribution in [3.63, 3.8) is 0 Å². The van der Waals surface area contributed by atoms with Crippen LogP contribution < -0.4 is 4.74 Å². The Kier molecular flexibility index (Phi) is 6.11. The zero-order valence-corrected chi connectivity index (χ0v) is 15.7. The largest absolute Gasteiger partial charge is 0.494 e. The summed E-state index contributed by atoms with van der Waals surface area (Å²) in [5, 5.41) is 10.1. The minimum Gasteiger partial charge on any atom is -0.494 e. The van der Waals surface area contributed by atoms with Crippen molar-refractivity contribution in [2.45, 2.75) is 25.7 Å². The lowest BCUT2D eigenvalue weighted by Gasteiger charge is -2.42. The van der Waals surface area contributed by atoms with E-state index in [1.54, 1.807) is 11.0 Å². The van der Waals surface area contributed by atoms with Gasteiger partial charge in [0, 0.05) is 24.1 Å². The second kappa shape index (κ2) is 8.53. The molecule has 3 rings (SSSR count). The number of carbonyl (C=O) groups is 1. The lowest BCUT2D eigenvalue weighted by molar-refractivity contribution is 0.0227. The minimum absolute atomic E-state index is 0.0422. The number of aryl methyl sites for hydroxylation is 1. The predicted molar refractivity (Wildman–Crippen MR) is 102 cm³/mol. The second-order valence-electron chi connectivity index (χ2n) is 7.32. The van der Waals surface area contributed by atoms with Gasteiger partial charge in [-0.25, -0.2) is 4.39 Å². The average Bonchev–Trinajstić information content (AvgIpc) is 2.72. The van der Waals surface area contributed by atoms with Crippen molar-refractivity contribution in [3.05, 3.63) is 65.5 Å². The first kappa shape index (κ1) is 19.4. The lowest BCUT2D eigenvalue weighted by atomic mass is 9.76. The Hall–Kier alpha value is -2.40. The van der Waals surface area contributed by atoms with Crippen molar-refractivity contribution in [3.8, 4) is 5.75 Å². The third-order valence-electron chi connectivity index (χ3n) is 5.47. The van der Waals surface area contributed by atoms with Crippen LogP contribution in [0.15, 0.2) is 48.5 Å². The average molecular weight is 371 g/mol. The third-order valence-corrected chi connectivity index (χ3v) is 5.47. The fraction of sp³-hybridized carbons (Fsp3) is 0.409. The highest BCUT2D eigenvalue weighted by Gasteiger charge is 2.36. The van der Waals surface area contributed by atoms with Gasteiger partial charge in [0.2, 0.25) is 0 Å². The number of amides is 1. The number of methoxy groups -OCH3 is 1. The van der Waals surface area contributed by atoms with E-state index in [0.29, 0.717) is 18.7 Å². The quantitative estimate of drug-likeness (QED) is 0.843. The minimum atomic E-state index is -0.544. The van der Waals surface area contributed by atoms with E-state index in [1.165, 1.54) is 24.8 Å². The van der Waals surface area contributed by atoms with Crippen LogP contribution in [0.5, 0.6) is 5.75 Å². The molecule has 1 aliphatic heterocycles. The van der Waals surface area contributed by atoms with Gasteiger partial charge in [-0.2, -0.15) is 0 Å². The third kappa shape index (κ3) is 4.48. The van der Waals surface area contributed by atoms with E-state index >= 15 is 0 Å². The van der Waals surface area contributed by atoms with E-state index in [-0.39, 0.29) is 23.7 Å². The fourth-order valence-corrected chi connectivity index (χ4v) is 3.83. The Morgan fingerprint density at radius 3 is 2.70 bits per heavy atom. The highest BCUT2D eigenvalue weighted by molar-refractivity contribution is 5.94. The van der Waals surface area contributed by atoms with Crippen molar-refractivity contribution in [2.24, 2.45) is 5.41 Å². The van der Waals surface area contributed by atoms with E-state index in [1.807, 2.05) is 18.2 Å². The topological polar surface area (TPSA) is 49.8 Å². The molecule has 5 heteroatoms. The maximum absolute atomic E-state index is 14.0. The highest BCUT2D eigenvalue weighted by Crippen LogP contribution is 2.35. The molecule has 0 saturated carbocycles. The van der Waals surface area contributed by atoms with E-state index in [4.69, 9.17) is 4.74 Å². The second-order valence-corrected chi connectivity index (χ2v) is 7.32. The number of carbonyl (C=O) groups excluding carboxylic acids is 1. The Bertz CT molecular complexity index is 780. The summed E-state index contributed by atoms with van der Waals surface area (Å²) in [6, 6.07) is 14.4. The van der Waals surface area contributed by atoms with Gasteiger partial charge in [0.15, 0.2) is 11.6 Å². The Labute approximate surface area is 159 Å². The first-order valence-corrected chi connectivity index (χ1v) is 9.34. The van der Waals surface area contributed by atoms with Crippen molar-refractivity contribution in [1.82, 2.24) is 4.90 Å². The molecule has 0 radical (unpaired) electrons. The number of ether oxygens (including phenoxy) is 1. The SMILES string of the molecule is COc1ccc(C(=O)N2CCCC(CO)(CCc3ccccc3)C2)cc1F. The van der Waals surface area contributed by atoms with Gasteiger partial charge in [-0.05, 0) is 49.4 Å². The van der Waals surface area contributed by atoms with Crippen LogP contribution in [0.3, 0.4) is 0 Å². The van der Waals surface area contributed by atoms with Crippen molar-refractivity contribution in [2.75, 3.05) is 26.8 Å². The molecule has 0 spiro atoms. The molecule has 1 amide bonds. The number of nitrogens with zero attached hydrogens (tertiary/aromatic N) is 1. The van der Waals surface area contributed by atoms with E-state index in [9.17, 15) is 14.3 Å². The molecule has 1 aliphatic rings. The number of halogens is 1. The molecule has 2 aromatic rings. The summed E-state index contributed by atoms with van der Waals surface area (Å²) in [5.74, 6) is -0.621. The number of aliphatic hydroxyl groups is 1. The molecule has 27 heavy (non-hydrogen) atoms. The van der Waals surface area contributed by atoms with Crippen LogP contribution in [0.25, 0.3) is 0 Å². The number of hydrogen-bond donors (Lipinski definition) is 1. The number of hydrogen-bond acceptors (Lipinski definition) is 3. The Morgan fingerprint density at radius 2 is 2.04 bits per heavy atom. The maximum atomic E-state index is 14.0. The number of piperidine rings is 1. The maximum Gasteiger partial charge on any atom is 0.253 e. The number of benzene rings is 2. The molecule has 1 atom stereocenters. The van der Waals surface area contributed by atoms with Crippen LogP contribution >= 0.6 is 0 Å². The van der Waals surface area contributed by atoms with E-state index < -0.39 is 5.82 Å². The Morgan fingerprint density at radius 1 is 1.26 bits per heavy atom. The molecule has 1 N–H and O–H groups in total. The molecule has 1 unspecified atom stereocenters. The first-order valence-electron chi connectivity index (χ1n) is 9.34. The van der Waals surface area contributed by atoms with Crippen LogP contribution in [0.1, 0.15) is 35.2 Å². The molecule has 0 bridgehead atoms. The van der Waals surface area contributed by atoms with E-state index in [0.717, 1.165) is 25.7 Å². The summed E-state index contributed by atoms with van der Waals surface area (Å²) < 4.78 is 18.9. The van der Waals surface area contributed by atoms with Gasteiger partial charge in [-0.1, -0.05) is 30.3 Å². The van der Waals surface area contributed by atoms with E-state index in [2.05, 4.69) is 12.1 Å². The van der Waals surface area contributed by atoms with Gasteiger partial charge in [0.25, 0.3) is 5.91 Å². The molecule has 1 saturated heterocycles. The number of likely N-dealkylation sites (tertiary alicyclic amines) is 1. The predicted octanol–water partition coefficient (Wildman–Crippen LogP) is 3.68.